The lowest BCUT2D eigenvalue weighted by molar-refractivity contribution is -0.114. The monoisotopic (exact) mass is 344 g/mol. The summed E-state index contributed by atoms with van der Waals surface area (Å²) in [5.74, 6) is -0.0486. The first-order valence-corrected chi connectivity index (χ1v) is 8.86. The Hall–Kier alpha value is -2.91. The number of nitrogens with zero attached hydrogens (tertiary/aromatic N) is 1. The van der Waals surface area contributed by atoms with E-state index in [-0.39, 0.29) is 5.91 Å². The fourth-order valence-corrected chi connectivity index (χ4v) is 3.01. The summed E-state index contributed by atoms with van der Waals surface area (Å²) in [5.41, 5.74) is 4.67. The predicted molar refractivity (Wildman–Crippen MR) is 107 cm³/mol. The normalized spacial score (nSPS) is 10.7. The maximum Gasteiger partial charge on any atom is 0.221 e. The fraction of sp³-hybridized carbons (Fsp3) is 0.174. The van der Waals surface area contributed by atoms with Crippen LogP contribution in [0.3, 0.4) is 0 Å². The van der Waals surface area contributed by atoms with Gasteiger partial charge in [-0.2, -0.15) is 0 Å². The maximum absolute atomic E-state index is 11.2. The van der Waals surface area contributed by atoms with E-state index in [0.717, 1.165) is 25.3 Å². The summed E-state index contributed by atoms with van der Waals surface area (Å²) in [6.45, 7) is 4.16. The van der Waals surface area contributed by atoms with Crippen molar-refractivity contribution in [1.29, 1.82) is 0 Å². The highest BCUT2D eigenvalue weighted by Gasteiger charge is 2.08. The van der Waals surface area contributed by atoms with Crippen LogP contribution in [0.2, 0.25) is 0 Å². The Labute approximate surface area is 155 Å². The first-order valence-electron chi connectivity index (χ1n) is 8.86. The first-order chi connectivity index (χ1) is 12.7. The van der Waals surface area contributed by atoms with E-state index in [9.17, 15) is 4.79 Å². The van der Waals surface area contributed by atoms with Gasteiger partial charge in [0, 0.05) is 32.2 Å². The molecule has 26 heavy (non-hydrogen) atoms. The van der Waals surface area contributed by atoms with Gasteiger partial charge in [0.15, 0.2) is 0 Å². The second kappa shape index (κ2) is 8.97. The van der Waals surface area contributed by atoms with Crippen molar-refractivity contribution in [3.8, 4) is 0 Å². The van der Waals surface area contributed by atoms with Crippen molar-refractivity contribution in [1.82, 2.24) is 4.90 Å². The third-order valence-electron chi connectivity index (χ3n) is 4.18. The number of amides is 1. The third kappa shape index (κ3) is 5.57. The minimum atomic E-state index is -0.0486. The zero-order valence-electron chi connectivity index (χ0n) is 15.1. The van der Waals surface area contributed by atoms with E-state index in [1.54, 1.807) is 0 Å². The van der Waals surface area contributed by atoms with Crippen LogP contribution in [0.4, 0.5) is 5.69 Å². The van der Waals surface area contributed by atoms with E-state index >= 15 is 0 Å². The SMILES string of the molecule is CC(=O)Nc1ccc(CN(Cc2ccccc2)Cc2ccccc2)cc1. The molecule has 0 unspecified atom stereocenters. The van der Waals surface area contributed by atoms with Gasteiger partial charge in [-0.05, 0) is 28.8 Å². The van der Waals surface area contributed by atoms with Crippen molar-refractivity contribution in [2.24, 2.45) is 0 Å². The molecule has 0 saturated heterocycles. The van der Waals surface area contributed by atoms with Crippen molar-refractivity contribution in [3.63, 3.8) is 0 Å². The van der Waals surface area contributed by atoms with E-state index in [1.165, 1.54) is 23.6 Å². The molecule has 3 heteroatoms. The molecule has 0 fully saturated rings. The van der Waals surface area contributed by atoms with Crippen molar-refractivity contribution in [2.45, 2.75) is 26.6 Å². The summed E-state index contributed by atoms with van der Waals surface area (Å²) in [5, 5.41) is 2.81. The van der Waals surface area contributed by atoms with E-state index in [0.29, 0.717) is 0 Å². The average Bonchev–Trinajstić information content (AvgIpc) is 2.64. The van der Waals surface area contributed by atoms with Crippen LogP contribution >= 0.6 is 0 Å². The smallest absolute Gasteiger partial charge is 0.221 e. The quantitative estimate of drug-likeness (QED) is 0.665. The highest BCUT2D eigenvalue weighted by atomic mass is 16.1. The van der Waals surface area contributed by atoms with Crippen LogP contribution in [0, 0.1) is 0 Å². The molecule has 1 amide bonds. The highest BCUT2D eigenvalue weighted by Crippen LogP contribution is 2.16. The average molecular weight is 344 g/mol. The van der Waals surface area contributed by atoms with E-state index < -0.39 is 0 Å². The zero-order chi connectivity index (χ0) is 18.2. The molecule has 3 rings (SSSR count). The molecule has 3 nitrogen and oxygen atoms in total. The molecule has 0 aromatic heterocycles. The summed E-state index contributed by atoms with van der Waals surface area (Å²) in [6.07, 6.45) is 0. The van der Waals surface area contributed by atoms with Gasteiger partial charge in [-0.15, -0.1) is 0 Å². The van der Waals surface area contributed by atoms with Gasteiger partial charge in [-0.1, -0.05) is 72.8 Å². The number of anilines is 1. The Balaban J connectivity index is 1.73. The van der Waals surface area contributed by atoms with Gasteiger partial charge in [-0.25, -0.2) is 0 Å². The Morgan fingerprint density at radius 3 is 1.54 bits per heavy atom. The highest BCUT2D eigenvalue weighted by molar-refractivity contribution is 5.88. The molecule has 0 bridgehead atoms. The lowest BCUT2D eigenvalue weighted by Gasteiger charge is -2.23. The van der Waals surface area contributed by atoms with Gasteiger partial charge >= 0.3 is 0 Å². The minimum Gasteiger partial charge on any atom is -0.326 e. The molecule has 3 aromatic rings. The second-order valence-corrected chi connectivity index (χ2v) is 6.49. The topological polar surface area (TPSA) is 32.3 Å². The molecular formula is C23H24N2O. The summed E-state index contributed by atoms with van der Waals surface area (Å²) in [6, 6.07) is 29.2. The van der Waals surface area contributed by atoms with Gasteiger partial charge in [0.25, 0.3) is 0 Å². The molecule has 0 saturated carbocycles. The Morgan fingerprint density at radius 1 is 0.692 bits per heavy atom. The lowest BCUT2D eigenvalue weighted by Crippen LogP contribution is -2.22. The fourth-order valence-electron chi connectivity index (χ4n) is 3.01. The Morgan fingerprint density at radius 2 is 1.12 bits per heavy atom. The number of benzene rings is 3. The molecule has 0 aliphatic rings. The molecule has 0 atom stereocenters. The minimum absolute atomic E-state index is 0.0486. The zero-order valence-corrected chi connectivity index (χ0v) is 15.1. The van der Waals surface area contributed by atoms with E-state index in [4.69, 9.17) is 0 Å². The summed E-state index contributed by atoms with van der Waals surface area (Å²) in [4.78, 5) is 13.6. The van der Waals surface area contributed by atoms with Crippen molar-refractivity contribution < 1.29 is 4.79 Å². The molecule has 0 aliphatic heterocycles. The molecule has 1 N–H and O–H groups in total. The Kier molecular flexibility index (Phi) is 6.18. The van der Waals surface area contributed by atoms with E-state index in [2.05, 4.69) is 70.9 Å². The van der Waals surface area contributed by atoms with Gasteiger partial charge in [-0.3, -0.25) is 9.69 Å². The number of carbonyl (C=O) groups excluding carboxylic acids is 1. The molecule has 0 heterocycles. The standard InChI is InChI=1S/C23H24N2O/c1-19(26)24-23-14-12-22(13-15-23)18-25(16-20-8-4-2-5-9-20)17-21-10-6-3-7-11-21/h2-15H,16-18H2,1H3,(H,24,26). The summed E-state index contributed by atoms with van der Waals surface area (Å²) < 4.78 is 0. The van der Waals surface area contributed by atoms with Crippen molar-refractivity contribution in [2.75, 3.05) is 5.32 Å². The van der Waals surface area contributed by atoms with E-state index in [1.807, 2.05) is 24.3 Å². The maximum atomic E-state index is 11.2. The van der Waals surface area contributed by atoms with Crippen molar-refractivity contribution in [3.05, 3.63) is 102 Å². The van der Waals surface area contributed by atoms with Crippen molar-refractivity contribution >= 4 is 11.6 Å². The summed E-state index contributed by atoms with van der Waals surface area (Å²) in [7, 11) is 0. The number of nitrogens with one attached hydrogen (secondary N) is 1. The molecule has 0 radical (unpaired) electrons. The van der Waals surface area contributed by atoms with Crippen LogP contribution in [0.5, 0.6) is 0 Å². The van der Waals surface area contributed by atoms with Crippen LogP contribution in [0.25, 0.3) is 0 Å². The number of carbonyl (C=O) groups is 1. The first kappa shape index (κ1) is 17.9. The largest absolute Gasteiger partial charge is 0.326 e. The molecule has 0 spiro atoms. The number of hydrogen-bond acceptors (Lipinski definition) is 2. The predicted octanol–water partition coefficient (Wildman–Crippen LogP) is 4.85. The second-order valence-electron chi connectivity index (χ2n) is 6.49. The molecule has 0 aliphatic carbocycles. The van der Waals surface area contributed by atoms with Gasteiger partial charge in [0.05, 0.1) is 0 Å². The van der Waals surface area contributed by atoms with Crippen LogP contribution < -0.4 is 5.32 Å². The van der Waals surface area contributed by atoms with Gasteiger partial charge in [0.1, 0.15) is 0 Å². The van der Waals surface area contributed by atoms with Gasteiger partial charge in [0.2, 0.25) is 5.91 Å². The van der Waals surface area contributed by atoms with Crippen LogP contribution in [-0.2, 0) is 24.4 Å². The Bertz CT molecular complexity index is 772. The third-order valence-corrected chi connectivity index (χ3v) is 4.18. The van der Waals surface area contributed by atoms with Crippen LogP contribution in [0.15, 0.2) is 84.9 Å². The van der Waals surface area contributed by atoms with Gasteiger partial charge < -0.3 is 5.32 Å². The lowest BCUT2D eigenvalue weighted by atomic mass is 10.1. The number of rotatable bonds is 7. The molecular weight excluding hydrogens is 320 g/mol. The molecule has 3 aromatic carbocycles. The number of hydrogen-bond donors (Lipinski definition) is 1. The molecule has 132 valence electrons. The summed E-state index contributed by atoms with van der Waals surface area (Å²) >= 11 is 0. The van der Waals surface area contributed by atoms with Crippen LogP contribution in [0.1, 0.15) is 23.6 Å². The van der Waals surface area contributed by atoms with Crippen LogP contribution in [-0.4, -0.2) is 10.8 Å².